The van der Waals surface area contributed by atoms with Crippen molar-refractivity contribution in [2.24, 2.45) is 88.8 Å². The summed E-state index contributed by atoms with van der Waals surface area (Å²) in [6, 6.07) is 0. The van der Waals surface area contributed by atoms with Crippen molar-refractivity contribution in [3.8, 4) is 0 Å². The molecule has 9 aliphatic rings. The van der Waals surface area contributed by atoms with Crippen LogP contribution in [0.25, 0.3) is 0 Å². The molecule has 0 heterocycles. The van der Waals surface area contributed by atoms with Crippen LogP contribution in [0, 0.1) is 88.8 Å². The Morgan fingerprint density at radius 1 is 0.508 bits per heavy atom. The van der Waals surface area contributed by atoms with Gasteiger partial charge in [-0.25, -0.2) is 9.59 Å². The van der Waals surface area contributed by atoms with Gasteiger partial charge in [0, 0.05) is 17.8 Å². The monoisotopic (exact) mass is 944 g/mol. The van der Waals surface area contributed by atoms with Gasteiger partial charge in [-0.3, -0.25) is 0 Å². The van der Waals surface area contributed by atoms with Crippen LogP contribution >= 0.6 is 0 Å². The van der Waals surface area contributed by atoms with Crippen molar-refractivity contribution in [1.29, 1.82) is 0 Å². The Morgan fingerprint density at radius 2 is 0.846 bits per heavy atom. The predicted molar refractivity (Wildman–Crippen MR) is 212 cm³/mol. The lowest BCUT2D eigenvalue weighted by Gasteiger charge is -2.39. The summed E-state index contributed by atoms with van der Waals surface area (Å²) >= 11 is 0. The molecule has 6 bridgehead atoms. The second-order valence-electron chi connectivity index (χ2n) is 21.7. The SMILES string of the molecule is CC(C)(C)OC(=O)OC(C)(C1CC2C3C=CC(C3)C2C1O)C(F)(F)F.CC(O)(C1CC2C3C=CC(C3)C2C1O)C(F)(F)F.CC(OCC(=O)O)(C1CC2C3C=CC(C3)C2C1O)C(F)(F)F. The number of allylic oxidation sites excluding steroid dienone is 6. The number of carboxylic acids is 1. The van der Waals surface area contributed by atoms with Crippen molar-refractivity contribution < 1.29 is 88.8 Å². The first kappa shape index (κ1) is 50.0. The van der Waals surface area contributed by atoms with Crippen LogP contribution < -0.4 is 0 Å². The van der Waals surface area contributed by atoms with Crippen LogP contribution in [-0.4, -0.2) is 104 Å². The van der Waals surface area contributed by atoms with Crippen molar-refractivity contribution in [2.75, 3.05) is 6.61 Å². The third-order valence-corrected chi connectivity index (χ3v) is 17.1. The summed E-state index contributed by atoms with van der Waals surface area (Å²) in [5.74, 6) is -4.00. The molecule has 10 nitrogen and oxygen atoms in total. The molecule has 0 radical (unpaired) electrons. The molecule has 65 heavy (non-hydrogen) atoms. The first-order valence-electron chi connectivity index (χ1n) is 22.5. The molecule has 0 aromatic carbocycles. The van der Waals surface area contributed by atoms with Gasteiger partial charge in [0.05, 0.1) is 18.3 Å². The average molecular weight is 945 g/mol. The number of carboxylic acid groups (broad SMARTS) is 1. The highest BCUT2D eigenvalue weighted by atomic mass is 19.4. The Morgan fingerprint density at radius 3 is 1.17 bits per heavy atom. The van der Waals surface area contributed by atoms with Gasteiger partial charge in [-0.2, -0.15) is 39.5 Å². The van der Waals surface area contributed by atoms with Crippen LogP contribution in [0.5, 0.6) is 0 Å². The summed E-state index contributed by atoms with van der Waals surface area (Å²) in [4.78, 5) is 22.5. The van der Waals surface area contributed by atoms with Crippen molar-refractivity contribution in [3.63, 3.8) is 0 Å². The minimum atomic E-state index is -4.80. The van der Waals surface area contributed by atoms with Crippen LogP contribution in [0.4, 0.5) is 44.3 Å². The highest BCUT2D eigenvalue weighted by molar-refractivity contribution is 5.68. The van der Waals surface area contributed by atoms with E-state index in [0.29, 0.717) is 5.92 Å². The van der Waals surface area contributed by atoms with E-state index in [1.54, 1.807) is 20.8 Å². The smallest absolute Gasteiger partial charge is 0.480 e. The molecule has 6 fully saturated rings. The second-order valence-corrected chi connectivity index (χ2v) is 21.7. The van der Waals surface area contributed by atoms with Gasteiger partial charge in [0.15, 0.2) is 11.2 Å². The largest absolute Gasteiger partial charge is 0.509 e. The van der Waals surface area contributed by atoms with E-state index >= 15 is 0 Å². The van der Waals surface area contributed by atoms with Gasteiger partial charge in [-0.1, -0.05) is 36.5 Å². The summed E-state index contributed by atoms with van der Waals surface area (Å²) in [5, 5.41) is 49.7. The number of carbonyl (C=O) groups excluding carboxylic acids is 1. The quantitative estimate of drug-likeness (QED) is 0.0952. The van der Waals surface area contributed by atoms with E-state index in [-0.39, 0.29) is 84.4 Å². The number of fused-ring (bicyclic) bond motifs is 15. The van der Waals surface area contributed by atoms with Crippen LogP contribution in [0.3, 0.4) is 0 Å². The minimum absolute atomic E-state index is 0.0129. The number of hydrogen-bond donors (Lipinski definition) is 5. The van der Waals surface area contributed by atoms with Gasteiger partial charge < -0.3 is 39.7 Å². The summed E-state index contributed by atoms with van der Waals surface area (Å²) in [6.45, 7) is 6.13. The molecule has 0 aromatic rings. The van der Waals surface area contributed by atoms with Gasteiger partial charge in [0.25, 0.3) is 0 Å². The van der Waals surface area contributed by atoms with E-state index < -0.39 is 95.7 Å². The number of alkyl halides is 9. The molecule has 368 valence electrons. The van der Waals surface area contributed by atoms with Gasteiger partial charge >= 0.3 is 30.7 Å². The Hall–Kier alpha value is -2.87. The highest BCUT2D eigenvalue weighted by Gasteiger charge is 2.69. The zero-order valence-electron chi connectivity index (χ0n) is 37.0. The number of aliphatic hydroxyl groups excluding tert-OH is 3. The molecule has 6 saturated carbocycles. The number of aliphatic hydroxyl groups is 4. The van der Waals surface area contributed by atoms with Crippen molar-refractivity contribution in [3.05, 3.63) is 36.5 Å². The fraction of sp³-hybridized carbons (Fsp3) is 0.826. The van der Waals surface area contributed by atoms with Gasteiger partial charge in [0.1, 0.15) is 12.2 Å². The number of rotatable bonds is 7. The van der Waals surface area contributed by atoms with E-state index in [0.717, 1.165) is 40.0 Å². The molecule has 9 aliphatic carbocycles. The molecule has 0 saturated heterocycles. The van der Waals surface area contributed by atoms with Gasteiger partial charge in [-0.05, 0) is 151 Å². The predicted octanol–water partition coefficient (Wildman–Crippen LogP) is 8.42. The zero-order valence-corrected chi connectivity index (χ0v) is 37.0. The standard InChI is InChI=1S/C18H25F3O4.C15H19F3O4.C13H17F3O2/c1-16(2,3)24-15(23)25-17(4,18(19,20)21)12-8-11-9-5-6-10(7-9)13(11)14(12)22;1-14(15(16,17)18,22-6-11(19)20)10-5-9-7-2-3-8(4-7)12(9)13(10)21;1-12(18,13(14,15)16)9-5-8-6-2-3-7(4-6)10(8)11(9)17/h5-6,9-14,22H,7-8H2,1-4H3;2-3,7-10,12-13,21H,4-6H2,1H3,(H,19,20);2-3,6-11,17-18H,4-5H2,1H3. The Kier molecular flexibility index (Phi) is 12.8. The molecule has 9 rings (SSSR count). The number of ether oxygens (including phenoxy) is 3. The molecule has 19 heteroatoms. The maximum Gasteiger partial charge on any atom is 0.509 e. The molecular weight excluding hydrogens is 883 g/mol. The third kappa shape index (κ3) is 8.66. The summed E-state index contributed by atoms with van der Waals surface area (Å²) < 4.78 is 135. The summed E-state index contributed by atoms with van der Waals surface area (Å²) in [6.07, 6.45) is -3.37. The topological polar surface area (TPSA) is 163 Å². The van der Waals surface area contributed by atoms with Crippen LogP contribution in [0.15, 0.2) is 36.5 Å². The zero-order chi connectivity index (χ0) is 48.4. The van der Waals surface area contributed by atoms with E-state index in [9.17, 15) is 69.5 Å². The molecule has 5 N–H and O–H groups in total. The van der Waals surface area contributed by atoms with Crippen LogP contribution in [0.2, 0.25) is 0 Å². The van der Waals surface area contributed by atoms with Crippen molar-refractivity contribution >= 4 is 12.1 Å². The van der Waals surface area contributed by atoms with Crippen LogP contribution in [0.1, 0.15) is 80.1 Å². The summed E-state index contributed by atoms with van der Waals surface area (Å²) in [7, 11) is 0. The molecule has 0 spiro atoms. The van der Waals surface area contributed by atoms with Crippen LogP contribution in [-0.2, 0) is 19.0 Å². The fourth-order valence-corrected chi connectivity index (χ4v) is 13.8. The average Bonchev–Trinajstić information content (AvgIpc) is 4.02. The van der Waals surface area contributed by atoms with E-state index in [4.69, 9.17) is 19.3 Å². The van der Waals surface area contributed by atoms with Gasteiger partial charge in [-0.15, -0.1) is 0 Å². The molecule has 21 atom stereocenters. The summed E-state index contributed by atoms with van der Waals surface area (Å²) in [5.41, 5.74) is -9.18. The second kappa shape index (κ2) is 16.7. The lowest BCUT2D eigenvalue weighted by molar-refractivity contribution is -0.296. The first-order chi connectivity index (χ1) is 29.7. The highest BCUT2D eigenvalue weighted by Crippen LogP contribution is 2.63. The van der Waals surface area contributed by atoms with Crippen molar-refractivity contribution in [1.82, 2.24) is 0 Å². The molecule has 0 amide bonds. The lowest BCUT2D eigenvalue weighted by Crippen LogP contribution is -2.55. The van der Waals surface area contributed by atoms with E-state index in [1.165, 1.54) is 0 Å². The first-order valence-corrected chi connectivity index (χ1v) is 22.5. The Bertz CT molecular complexity index is 1890. The van der Waals surface area contributed by atoms with E-state index in [1.807, 2.05) is 30.4 Å². The lowest BCUT2D eigenvalue weighted by atomic mass is 9.81. The normalized spacial score (nSPS) is 43.1. The number of halogens is 9. The molecule has 0 aromatic heterocycles. The maximum atomic E-state index is 13.8. The molecule has 0 aliphatic heterocycles. The van der Waals surface area contributed by atoms with Gasteiger partial charge in [0.2, 0.25) is 5.60 Å². The number of aliphatic carboxylic acids is 1. The van der Waals surface area contributed by atoms with Crippen molar-refractivity contribution in [2.45, 2.75) is 139 Å². The third-order valence-electron chi connectivity index (χ3n) is 17.1. The Labute approximate surface area is 371 Å². The maximum absolute atomic E-state index is 13.8. The Balaban J connectivity index is 0.000000147. The molecular formula is C46H61F9O10. The molecule has 21 unspecified atom stereocenters. The van der Waals surface area contributed by atoms with E-state index in [2.05, 4.69) is 6.08 Å². The number of carbonyl (C=O) groups is 2. The minimum Gasteiger partial charge on any atom is -0.480 e. The fourth-order valence-electron chi connectivity index (χ4n) is 13.8. The number of hydrogen-bond acceptors (Lipinski definition) is 9.